The monoisotopic (exact) mass is 350 g/mol. The summed E-state index contributed by atoms with van der Waals surface area (Å²) in [6.45, 7) is 1.82. The molecule has 1 aromatic carbocycles. The van der Waals surface area contributed by atoms with E-state index in [2.05, 4.69) is 31.9 Å². The number of halogens is 2. The summed E-state index contributed by atoms with van der Waals surface area (Å²) in [7, 11) is 3.10. The molecule has 1 rings (SSSR count). The van der Waals surface area contributed by atoms with E-state index in [0.717, 1.165) is 0 Å². The van der Waals surface area contributed by atoms with Crippen molar-refractivity contribution in [1.82, 2.24) is 0 Å². The van der Waals surface area contributed by atoms with Gasteiger partial charge in [0.05, 0.1) is 18.7 Å². The van der Waals surface area contributed by atoms with Gasteiger partial charge in [-0.3, -0.25) is 4.79 Å². The Morgan fingerprint density at radius 3 is 2.31 bits per heavy atom. The number of rotatable bonds is 4. The second kappa shape index (κ2) is 5.68. The summed E-state index contributed by atoms with van der Waals surface area (Å²) in [5.41, 5.74) is 0.569. The van der Waals surface area contributed by atoms with Crippen LogP contribution in [0.15, 0.2) is 15.0 Å². The summed E-state index contributed by atoms with van der Waals surface area (Å²) < 4.78 is 11.7. The first-order valence-electron chi connectivity index (χ1n) is 4.69. The molecule has 0 aromatic heterocycles. The summed E-state index contributed by atoms with van der Waals surface area (Å²) >= 11 is 6.73. The molecule has 88 valence electrons. The topological polar surface area (TPSA) is 35.5 Å². The molecule has 0 N–H and O–H groups in total. The SMILES string of the molecule is CCC(=O)c1cc(OC)c(Br)c(OC)c1Br. The molecule has 0 saturated carbocycles. The van der Waals surface area contributed by atoms with Crippen LogP contribution >= 0.6 is 31.9 Å². The van der Waals surface area contributed by atoms with Crippen LogP contribution in [-0.2, 0) is 0 Å². The number of methoxy groups -OCH3 is 2. The van der Waals surface area contributed by atoms with E-state index in [-0.39, 0.29) is 5.78 Å². The molecule has 0 radical (unpaired) electrons. The van der Waals surface area contributed by atoms with E-state index < -0.39 is 0 Å². The van der Waals surface area contributed by atoms with Crippen LogP contribution in [0.4, 0.5) is 0 Å². The Bertz CT molecular complexity index is 416. The second-order valence-electron chi connectivity index (χ2n) is 3.06. The molecule has 0 aliphatic rings. The largest absolute Gasteiger partial charge is 0.495 e. The number of carbonyl (C=O) groups is 1. The number of hydrogen-bond donors (Lipinski definition) is 0. The predicted molar refractivity (Wildman–Crippen MR) is 69.6 cm³/mol. The number of hydrogen-bond acceptors (Lipinski definition) is 3. The molecular formula is C11H12Br2O3. The zero-order valence-corrected chi connectivity index (χ0v) is 12.4. The molecule has 0 heterocycles. The Morgan fingerprint density at radius 1 is 1.25 bits per heavy atom. The fraction of sp³-hybridized carbons (Fsp3) is 0.364. The zero-order valence-electron chi connectivity index (χ0n) is 9.27. The predicted octanol–water partition coefficient (Wildman–Crippen LogP) is 3.82. The minimum atomic E-state index is 0.0379. The van der Waals surface area contributed by atoms with E-state index in [0.29, 0.717) is 32.4 Å². The standard InChI is InChI=1S/C11H12Br2O3/c1-4-7(14)6-5-8(15-2)10(13)11(16-3)9(6)12/h5H,4H2,1-3H3. The normalized spacial score (nSPS) is 10.1. The number of benzene rings is 1. The van der Waals surface area contributed by atoms with Crippen LogP contribution in [0, 0.1) is 0 Å². The van der Waals surface area contributed by atoms with Gasteiger partial charge in [0, 0.05) is 12.0 Å². The maximum absolute atomic E-state index is 11.7. The third-order valence-electron chi connectivity index (χ3n) is 2.17. The molecule has 0 saturated heterocycles. The van der Waals surface area contributed by atoms with E-state index in [1.165, 1.54) is 0 Å². The molecule has 1 aromatic rings. The quantitative estimate of drug-likeness (QED) is 0.773. The average Bonchev–Trinajstić information content (AvgIpc) is 2.29. The molecule has 3 nitrogen and oxygen atoms in total. The minimum absolute atomic E-state index is 0.0379. The third-order valence-corrected chi connectivity index (χ3v) is 3.71. The smallest absolute Gasteiger partial charge is 0.164 e. The van der Waals surface area contributed by atoms with Gasteiger partial charge in [0.2, 0.25) is 0 Å². The summed E-state index contributed by atoms with van der Waals surface area (Å²) in [6.07, 6.45) is 0.437. The molecule has 0 aliphatic carbocycles. The van der Waals surface area contributed by atoms with Gasteiger partial charge in [0.25, 0.3) is 0 Å². The summed E-state index contributed by atoms with van der Waals surface area (Å²) in [4.78, 5) is 11.7. The van der Waals surface area contributed by atoms with Crippen LogP contribution in [0.25, 0.3) is 0 Å². The number of ketones is 1. The molecular weight excluding hydrogens is 340 g/mol. The van der Waals surface area contributed by atoms with Gasteiger partial charge in [-0.05, 0) is 37.9 Å². The Kier molecular flexibility index (Phi) is 4.80. The van der Waals surface area contributed by atoms with Crippen molar-refractivity contribution in [3.8, 4) is 11.5 Å². The van der Waals surface area contributed by atoms with Crippen molar-refractivity contribution in [2.75, 3.05) is 14.2 Å². The fourth-order valence-corrected chi connectivity index (χ4v) is 2.91. The summed E-state index contributed by atoms with van der Waals surface area (Å²) in [5, 5.41) is 0. The third kappa shape index (κ3) is 2.40. The van der Waals surface area contributed by atoms with Gasteiger partial charge < -0.3 is 9.47 Å². The highest BCUT2D eigenvalue weighted by Gasteiger charge is 2.19. The van der Waals surface area contributed by atoms with E-state index in [9.17, 15) is 4.79 Å². The van der Waals surface area contributed by atoms with Gasteiger partial charge in [0.15, 0.2) is 11.5 Å². The van der Waals surface area contributed by atoms with Crippen LogP contribution in [-0.4, -0.2) is 20.0 Å². The molecule has 0 unspecified atom stereocenters. The molecule has 0 spiro atoms. The number of ether oxygens (including phenoxy) is 2. The summed E-state index contributed by atoms with van der Waals surface area (Å²) in [6, 6.07) is 1.70. The molecule has 0 atom stereocenters. The Labute approximate surface area is 111 Å². The number of carbonyl (C=O) groups excluding carboxylic acids is 1. The Balaban J connectivity index is 3.46. The molecule has 16 heavy (non-hydrogen) atoms. The first-order chi connectivity index (χ1) is 7.56. The molecule has 0 amide bonds. The van der Waals surface area contributed by atoms with Crippen molar-refractivity contribution in [1.29, 1.82) is 0 Å². The van der Waals surface area contributed by atoms with Gasteiger partial charge in [-0.15, -0.1) is 0 Å². The van der Waals surface area contributed by atoms with Crippen molar-refractivity contribution in [3.05, 3.63) is 20.6 Å². The van der Waals surface area contributed by atoms with Gasteiger partial charge in [-0.1, -0.05) is 6.92 Å². The van der Waals surface area contributed by atoms with E-state index in [4.69, 9.17) is 9.47 Å². The fourth-order valence-electron chi connectivity index (χ4n) is 1.31. The van der Waals surface area contributed by atoms with Crippen LogP contribution in [0.3, 0.4) is 0 Å². The Morgan fingerprint density at radius 2 is 1.88 bits per heavy atom. The van der Waals surface area contributed by atoms with Gasteiger partial charge in [0.1, 0.15) is 10.2 Å². The van der Waals surface area contributed by atoms with Crippen molar-refractivity contribution in [2.24, 2.45) is 0 Å². The molecule has 0 aliphatic heterocycles. The first kappa shape index (κ1) is 13.5. The Hall–Kier alpha value is -0.550. The lowest BCUT2D eigenvalue weighted by atomic mass is 10.1. The van der Waals surface area contributed by atoms with Crippen molar-refractivity contribution in [2.45, 2.75) is 13.3 Å². The van der Waals surface area contributed by atoms with Crippen molar-refractivity contribution >= 4 is 37.6 Å². The average molecular weight is 352 g/mol. The van der Waals surface area contributed by atoms with E-state index >= 15 is 0 Å². The first-order valence-corrected chi connectivity index (χ1v) is 6.28. The molecule has 0 bridgehead atoms. The van der Waals surface area contributed by atoms with Crippen LogP contribution in [0.5, 0.6) is 11.5 Å². The highest BCUT2D eigenvalue weighted by Crippen LogP contribution is 2.42. The minimum Gasteiger partial charge on any atom is -0.495 e. The lowest BCUT2D eigenvalue weighted by molar-refractivity contribution is 0.0986. The highest BCUT2D eigenvalue weighted by molar-refractivity contribution is 9.11. The van der Waals surface area contributed by atoms with E-state index in [1.807, 2.05) is 6.92 Å². The molecule has 0 fully saturated rings. The van der Waals surface area contributed by atoms with E-state index in [1.54, 1.807) is 20.3 Å². The van der Waals surface area contributed by atoms with Crippen LogP contribution in [0.2, 0.25) is 0 Å². The van der Waals surface area contributed by atoms with Crippen LogP contribution in [0.1, 0.15) is 23.7 Å². The maximum Gasteiger partial charge on any atom is 0.164 e. The lowest BCUT2D eigenvalue weighted by Crippen LogP contribution is -2.02. The molecule has 5 heteroatoms. The highest BCUT2D eigenvalue weighted by atomic mass is 79.9. The second-order valence-corrected chi connectivity index (χ2v) is 4.65. The van der Waals surface area contributed by atoms with Crippen LogP contribution < -0.4 is 9.47 Å². The zero-order chi connectivity index (χ0) is 12.3. The maximum atomic E-state index is 11.7. The van der Waals surface area contributed by atoms with Crippen molar-refractivity contribution < 1.29 is 14.3 Å². The number of Topliss-reactive ketones (excluding diaryl/α,β-unsaturated/α-hetero) is 1. The van der Waals surface area contributed by atoms with Gasteiger partial charge >= 0.3 is 0 Å². The van der Waals surface area contributed by atoms with Crippen molar-refractivity contribution in [3.63, 3.8) is 0 Å². The van der Waals surface area contributed by atoms with Gasteiger partial charge in [-0.2, -0.15) is 0 Å². The summed E-state index contributed by atoms with van der Waals surface area (Å²) in [5.74, 6) is 1.18. The van der Waals surface area contributed by atoms with Gasteiger partial charge in [-0.25, -0.2) is 0 Å². The lowest BCUT2D eigenvalue weighted by Gasteiger charge is -2.13.